The number of nitro groups is 1. The third-order valence-corrected chi connectivity index (χ3v) is 9.59. The lowest BCUT2D eigenvalue weighted by Gasteiger charge is -2.29. The molecular formula is C35H29N3O12S. The van der Waals surface area contributed by atoms with Crippen LogP contribution in [0, 0.1) is 23.0 Å². The van der Waals surface area contributed by atoms with E-state index in [2.05, 4.69) is 0 Å². The van der Waals surface area contributed by atoms with Crippen LogP contribution in [0.3, 0.4) is 0 Å². The molecule has 1 aromatic heterocycles. The van der Waals surface area contributed by atoms with Crippen molar-refractivity contribution >= 4 is 57.4 Å². The maximum atomic E-state index is 14.5. The number of fused-ring (bicyclic) bond motifs is 1. The van der Waals surface area contributed by atoms with E-state index in [1.54, 1.807) is 43.3 Å². The van der Waals surface area contributed by atoms with Crippen LogP contribution in [0.15, 0.2) is 72.8 Å². The van der Waals surface area contributed by atoms with E-state index in [0.717, 1.165) is 23.3 Å². The highest BCUT2D eigenvalue weighted by molar-refractivity contribution is 7.19. The van der Waals surface area contributed by atoms with Crippen molar-refractivity contribution in [1.82, 2.24) is 0 Å². The summed E-state index contributed by atoms with van der Waals surface area (Å²) in [6.45, 7) is 3.13. The number of anilines is 2. The zero-order valence-corrected chi connectivity index (χ0v) is 28.3. The number of esters is 3. The molecule has 4 aromatic rings. The van der Waals surface area contributed by atoms with Crippen molar-refractivity contribution in [1.29, 1.82) is 0 Å². The van der Waals surface area contributed by atoms with Gasteiger partial charge in [-0.15, -0.1) is 11.3 Å². The molecule has 2 aliphatic heterocycles. The van der Waals surface area contributed by atoms with E-state index < -0.39 is 52.7 Å². The van der Waals surface area contributed by atoms with Gasteiger partial charge in [-0.2, -0.15) is 0 Å². The second kappa shape index (κ2) is 14.0. The molecule has 3 aromatic carbocycles. The fraction of sp³-hybridized carbons (Fsp3) is 0.229. The van der Waals surface area contributed by atoms with E-state index in [-0.39, 0.29) is 50.5 Å². The van der Waals surface area contributed by atoms with Crippen LogP contribution in [0.25, 0.3) is 0 Å². The molecule has 51 heavy (non-hydrogen) atoms. The van der Waals surface area contributed by atoms with Gasteiger partial charge in [0, 0.05) is 12.1 Å². The minimum Gasteiger partial charge on any atom is -0.493 e. The summed E-state index contributed by atoms with van der Waals surface area (Å²) in [7, 11) is 2.48. The first-order valence-corrected chi connectivity index (χ1v) is 16.2. The van der Waals surface area contributed by atoms with Crippen molar-refractivity contribution in [2.75, 3.05) is 30.8 Å². The zero-order valence-electron chi connectivity index (χ0n) is 27.5. The van der Waals surface area contributed by atoms with Gasteiger partial charge >= 0.3 is 17.9 Å². The Hall–Kier alpha value is -6.13. The molecular weight excluding hydrogens is 686 g/mol. The monoisotopic (exact) mass is 715 g/mol. The topological polar surface area (TPSA) is 181 Å². The average Bonchev–Trinajstić information content (AvgIpc) is 3.77. The fourth-order valence-electron chi connectivity index (χ4n) is 6.00. The summed E-state index contributed by atoms with van der Waals surface area (Å²) < 4.78 is 21.2. The highest BCUT2D eigenvalue weighted by atomic mass is 32.1. The Bertz CT molecular complexity index is 2080. The first-order valence-electron chi connectivity index (χ1n) is 15.4. The van der Waals surface area contributed by atoms with Crippen molar-refractivity contribution < 1.29 is 52.7 Å². The third-order valence-electron chi connectivity index (χ3n) is 8.33. The van der Waals surface area contributed by atoms with Crippen molar-refractivity contribution in [3.63, 3.8) is 0 Å². The molecule has 3 heterocycles. The van der Waals surface area contributed by atoms with Crippen molar-refractivity contribution in [3.05, 3.63) is 110 Å². The fourth-order valence-corrected chi connectivity index (χ4v) is 7.20. The smallest absolute Gasteiger partial charge is 0.348 e. The van der Waals surface area contributed by atoms with Gasteiger partial charge < -0.3 is 18.9 Å². The van der Waals surface area contributed by atoms with Crippen LogP contribution >= 0.6 is 11.3 Å². The molecule has 6 rings (SSSR count). The molecule has 3 atom stereocenters. The molecule has 0 aliphatic carbocycles. The first kappa shape index (κ1) is 34.7. The number of nitro benzene ring substituents is 1. The number of methoxy groups -OCH3 is 2. The molecule has 0 saturated carbocycles. The van der Waals surface area contributed by atoms with Crippen LogP contribution in [-0.2, 0) is 23.9 Å². The predicted octanol–water partition coefficient (Wildman–Crippen LogP) is 5.21. The van der Waals surface area contributed by atoms with Crippen LogP contribution in [0.2, 0.25) is 0 Å². The third kappa shape index (κ3) is 6.15. The normalized spacial score (nSPS) is 18.0. The molecule has 0 unspecified atom stereocenters. The Morgan fingerprint density at radius 3 is 2.33 bits per heavy atom. The van der Waals surface area contributed by atoms with Gasteiger partial charge in [-0.25, -0.2) is 24.3 Å². The highest BCUT2D eigenvalue weighted by Crippen LogP contribution is 2.51. The lowest BCUT2D eigenvalue weighted by atomic mass is 9.90. The molecule has 0 N–H and O–H groups in total. The summed E-state index contributed by atoms with van der Waals surface area (Å²) in [5.74, 6) is -4.99. The molecule has 2 fully saturated rings. The van der Waals surface area contributed by atoms with E-state index >= 15 is 0 Å². The van der Waals surface area contributed by atoms with Crippen LogP contribution in [-0.4, -0.2) is 61.6 Å². The Kier molecular flexibility index (Phi) is 9.54. The number of thiophene rings is 1. The van der Waals surface area contributed by atoms with Gasteiger partial charge in [0.15, 0.2) is 17.6 Å². The summed E-state index contributed by atoms with van der Waals surface area (Å²) in [5.41, 5.74) is 0.556. The molecule has 0 radical (unpaired) electrons. The Morgan fingerprint density at radius 2 is 1.67 bits per heavy atom. The Labute approximate surface area is 293 Å². The molecule has 15 nitrogen and oxygen atoms in total. The van der Waals surface area contributed by atoms with E-state index in [1.807, 2.05) is 0 Å². The van der Waals surface area contributed by atoms with E-state index in [0.29, 0.717) is 11.1 Å². The molecule has 2 saturated heterocycles. The molecule has 16 heteroatoms. The minimum absolute atomic E-state index is 0.00553. The standard InChI is InChI=1S/C35H29N3O12S/c1-5-48-35(43)29-18(2)25(34(42)47-4)32(51-29)36-30(39)26-27(37(50-28(26)31(36)40)21-12-9-13-22(17-21)38(44)45)20-14-15-23(24(16-20)46-3)49-33(41)19-10-7-6-8-11-19/h6-17,26-28H,5H2,1-4H3/t26-,27+,28-/m0/s1. The number of imide groups is 1. The summed E-state index contributed by atoms with van der Waals surface area (Å²) in [4.78, 5) is 85.2. The van der Waals surface area contributed by atoms with Gasteiger partial charge in [-0.3, -0.25) is 24.5 Å². The summed E-state index contributed by atoms with van der Waals surface area (Å²) >= 11 is 0.729. The molecule has 2 aliphatic rings. The van der Waals surface area contributed by atoms with Gasteiger partial charge in [0.2, 0.25) is 5.91 Å². The first-order chi connectivity index (χ1) is 24.5. The lowest BCUT2D eigenvalue weighted by Crippen LogP contribution is -2.37. The summed E-state index contributed by atoms with van der Waals surface area (Å²) in [6, 6.07) is 17.2. The highest BCUT2D eigenvalue weighted by Gasteiger charge is 2.61. The Balaban J connectivity index is 1.44. The van der Waals surface area contributed by atoms with Crippen LogP contribution in [0.4, 0.5) is 16.4 Å². The minimum atomic E-state index is -1.46. The zero-order chi connectivity index (χ0) is 36.6. The maximum Gasteiger partial charge on any atom is 0.348 e. The summed E-state index contributed by atoms with van der Waals surface area (Å²) in [6.07, 6.45) is -1.46. The number of non-ortho nitro benzene ring substituents is 1. The SMILES string of the molecule is CCOC(=O)c1sc(N2C(=O)[C@@H]3[C@H](ON(c4cccc([N+](=O)[O-])c4)[C@@H]3c3ccc(OC(=O)c4ccccc4)c(OC)c3)C2=O)c(C(=O)OC)c1C. The largest absolute Gasteiger partial charge is 0.493 e. The molecule has 0 bridgehead atoms. The number of benzene rings is 3. The Morgan fingerprint density at radius 1 is 0.922 bits per heavy atom. The second-order valence-electron chi connectivity index (χ2n) is 11.2. The number of rotatable bonds is 10. The van der Waals surface area contributed by atoms with Gasteiger partial charge in [-0.1, -0.05) is 30.3 Å². The van der Waals surface area contributed by atoms with E-state index in [4.69, 9.17) is 23.8 Å². The van der Waals surface area contributed by atoms with Crippen LogP contribution in [0.5, 0.6) is 11.5 Å². The van der Waals surface area contributed by atoms with Crippen LogP contribution < -0.4 is 19.4 Å². The summed E-state index contributed by atoms with van der Waals surface area (Å²) in [5, 5.41) is 12.8. The number of hydrogen-bond donors (Lipinski definition) is 0. The van der Waals surface area contributed by atoms with Crippen molar-refractivity contribution in [2.24, 2.45) is 5.92 Å². The predicted molar refractivity (Wildman–Crippen MR) is 180 cm³/mol. The number of ether oxygens (including phenoxy) is 4. The number of carbonyl (C=O) groups is 5. The van der Waals surface area contributed by atoms with Gasteiger partial charge in [0.05, 0.1) is 48.6 Å². The number of nitrogens with zero attached hydrogens (tertiary/aromatic N) is 3. The lowest BCUT2D eigenvalue weighted by molar-refractivity contribution is -0.384. The molecule has 262 valence electrons. The van der Waals surface area contributed by atoms with Gasteiger partial charge in [0.1, 0.15) is 15.8 Å². The van der Waals surface area contributed by atoms with Crippen molar-refractivity contribution in [2.45, 2.75) is 26.0 Å². The number of amides is 2. The second-order valence-corrected chi connectivity index (χ2v) is 12.2. The van der Waals surface area contributed by atoms with E-state index in [1.165, 1.54) is 55.5 Å². The van der Waals surface area contributed by atoms with Crippen molar-refractivity contribution in [3.8, 4) is 11.5 Å². The van der Waals surface area contributed by atoms with Crippen LogP contribution in [0.1, 0.15) is 54.5 Å². The quantitative estimate of drug-likeness (QED) is 0.0687. The number of hydroxylamine groups is 1. The van der Waals surface area contributed by atoms with Gasteiger partial charge in [-0.05, 0) is 55.3 Å². The maximum absolute atomic E-state index is 14.5. The molecule has 0 spiro atoms. The average molecular weight is 716 g/mol. The van der Waals surface area contributed by atoms with Gasteiger partial charge in [0.25, 0.3) is 11.6 Å². The number of hydrogen-bond acceptors (Lipinski definition) is 14. The number of carbonyl (C=O) groups excluding carboxylic acids is 5. The molecule has 2 amide bonds. The van der Waals surface area contributed by atoms with E-state index in [9.17, 15) is 34.1 Å².